The molecule has 4 rings (SSSR count). The van der Waals surface area contributed by atoms with Crippen molar-refractivity contribution in [1.29, 1.82) is 0 Å². The van der Waals surface area contributed by atoms with Gasteiger partial charge in [-0.05, 0) is 41.4 Å². The van der Waals surface area contributed by atoms with Gasteiger partial charge in [0.15, 0.2) is 0 Å². The van der Waals surface area contributed by atoms with Crippen molar-refractivity contribution in [3.05, 3.63) is 29.3 Å². The number of aromatic hydroxyl groups is 2. The number of rotatable bonds is 8. The molecule has 3 atom stereocenters. The van der Waals surface area contributed by atoms with Crippen molar-refractivity contribution in [3.63, 3.8) is 0 Å². The van der Waals surface area contributed by atoms with Crippen LogP contribution in [0.15, 0.2) is 23.8 Å². The van der Waals surface area contributed by atoms with Gasteiger partial charge in [-0.3, -0.25) is 0 Å². The molecule has 0 spiro atoms. The molecule has 0 aliphatic heterocycles. The molecule has 3 aliphatic carbocycles. The summed E-state index contributed by atoms with van der Waals surface area (Å²) in [5.74, 6) is 1.25. The van der Waals surface area contributed by atoms with E-state index in [1.165, 1.54) is 31.7 Å². The van der Waals surface area contributed by atoms with Crippen LogP contribution in [0.3, 0.4) is 0 Å². The Morgan fingerprint density at radius 3 is 2.25 bits per heavy atom. The quantitative estimate of drug-likeness (QED) is 0.315. The lowest BCUT2D eigenvalue weighted by Gasteiger charge is -2.59. The average Bonchev–Trinajstić information content (AvgIpc) is 2.64. The smallest absolute Gasteiger partial charge is 0.122 e. The first-order chi connectivity index (χ1) is 13.1. The highest BCUT2D eigenvalue weighted by molar-refractivity contribution is 6.89. The van der Waals surface area contributed by atoms with E-state index in [9.17, 15) is 15.3 Å². The van der Waals surface area contributed by atoms with E-state index >= 15 is 0 Å². The normalized spacial score (nSPS) is 25.9. The second-order valence-electron chi connectivity index (χ2n) is 10.3. The summed E-state index contributed by atoms with van der Waals surface area (Å²) < 4.78 is 0. The van der Waals surface area contributed by atoms with E-state index in [2.05, 4.69) is 39.9 Å². The minimum absolute atomic E-state index is 0.0227. The maximum Gasteiger partial charge on any atom is 0.122 e. The molecule has 3 N–H and O–H groups in total. The SMILES string of the molecule is CCCCCC[Si](C)(C)c1cc(O)c([C@H]2C=C(CO)[C@H]3C[C@@H]2C3(C)C)c(O)c1. The summed E-state index contributed by atoms with van der Waals surface area (Å²) in [6.45, 7) is 11.4. The number of aliphatic hydroxyl groups excluding tert-OH is 1. The molecule has 3 nitrogen and oxygen atoms in total. The van der Waals surface area contributed by atoms with Crippen molar-refractivity contribution in [1.82, 2.24) is 0 Å². The average molecular weight is 403 g/mol. The number of phenolic OH excluding ortho intramolecular Hbond substituents is 2. The Labute approximate surface area is 171 Å². The van der Waals surface area contributed by atoms with E-state index in [4.69, 9.17) is 0 Å². The third-order valence-electron chi connectivity index (χ3n) is 7.71. The van der Waals surface area contributed by atoms with Crippen LogP contribution in [-0.4, -0.2) is 30.0 Å². The number of unbranched alkanes of at least 4 members (excludes halogenated alkanes) is 3. The fourth-order valence-corrected chi connectivity index (χ4v) is 8.08. The summed E-state index contributed by atoms with van der Waals surface area (Å²) >= 11 is 0. The van der Waals surface area contributed by atoms with Gasteiger partial charge in [-0.15, -0.1) is 0 Å². The zero-order valence-corrected chi connectivity index (χ0v) is 19.3. The molecule has 0 amide bonds. The molecular weight excluding hydrogens is 364 g/mol. The minimum Gasteiger partial charge on any atom is -0.508 e. The highest BCUT2D eigenvalue weighted by atomic mass is 28.3. The zero-order chi connectivity index (χ0) is 20.7. The second-order valence-corrected chi connectivity index (χ2v) is 15.1. The Kier molecular flexibility index (Phi) is 6.03. The molecular formula is C24H38O3Si. The van der Waals surface area contributed by atoms with Crippen molar-refractivity contribution >= 4 is 13.3 Å². The van der Waals surface area contributed by atoms with Crippen molar-refractivity contribution in [3.8, 4) is 11.5 Å². The molecule has 1 aromatic carbocycles. The Morgan fingerprint density at radius 1 is 1.07 bits per heavy atom. The third-order valence-corrected chi connectivity index (χ3v) is 11.2. The molecule has 28 heavy (non-hydrogen) atoms. The predicted molar refractivity (Wildman–Crippen MR) is 119 cm³/mol. The van der Waals surface area contributed by atoms with Gasteiger partial charge in [0.25, 0.3) is 0 Å². The third kappa shape index (κ3) is 3.66. The number of allylic oxidation sites excluding steroid dienone is 1. The number of phenols is 2. The molecule has 1 fully saturated rings. The first kappa shape index (κ1) is 21.4. The molecule has 0 unspecified atom stereocenters. The van der Waals surface area contributed by atoms with Crippen LogP contribution in [-0.2, 0) is 0 Å². The van der Waals surface area contributed by atoms with E-state index in [0.717, 1.165) is 17.2 Å². The highest BCUT2D eigenvalue weighted by Gasteiger charge is 2.56. The molecule has 0 heterocycles. The first-order valence-corrected chi connectivity index (χ1v) is 14.2. The van der Waals surface area contributed by atoms with Crippen LogP contribution in [0.25, 0.3) is 0 Å². The van der Waals surface area contributed by atoms with Gasteiger partial charge in [0.1, 0.15) is 11.5 Å². The fraction of sp³-hybridized carbons (Fsp3) is 0.667. The molecule has 1 aromatic rings. The van der Waals surface area contributed by atoms with Gasteiger partial charge in [0, 0.05) is 11.5 Å². The van der Waals surface area contributed by atoms with Gasteiger partial charge in [0.05, 0.1) is 14.7 Å². The van der Waals surface area contributed by atoms with Crippen LogP contribution in [0.5, 0.6) is 11.5 Å². The maximum absolute atomic E-state index is 10.9. The summed E-state index contributed by atoms with van der Waals surface area (Å²) in [4.78, 5) is 0. The number of aliphatic hydroxyl groups is 1. The van der Waals surface area contributed by atoms with Gasteiger partial charge in [-0.25, -0.2) is 0 Å². The molecule has 0 radical (unpaired) electrons. The Hall–Kier alpha value is -1.26. The van der Waals surface area contributed by atoms with Crippen LogP contribution in [0, 0.1) is 17.3 Å². The van der Waals surface area contributed by atoms with Crippen molar-refractivity contribution in [2.75, 3.05) is 6.61 Å². The van der Waals surface area contributed by atoms with Crippen molar-refractivity contribution in [2.45, 2.75) is 77.9 Å². The number of hydrogen-bond donors (Lipinski definition) is 3. The van der Waals surface area contributed by atoms with Crippen LogP contribution >= 0.6 is 0 Å². The molecule has 3 aliphatic rings. The summed E-state index contributed by atoms with van der Waals surface area (Å²) in [5.41, 5.74) is 1.82. The standard InChI is InChI=1S/C24H38O3Si/c1-6-7-8-9-10-28(4,5)17-12-21(26)23(22(27)13-17)18-11-16(15-25)19-14-20(18)24(19,2)3/h11-13,18-20,25-27H,6-10,14-15H2,1-5H3/t18-,19+,20-/m0/s1. The van der Waals surface area contributed by atoms with Crippen molar-refractivity contribution in [2.24, 2.45) is 17.3 Å². The Morgan fingerprint density at radius 2 is 1.71 bits per heavy atom. The largest absolute Gasteiger partial charge is 0.508 e. The van der Waals surface area contributed by atoms with Crippen LogP contribution in [0.2, 0.25) is 19.1 Å². The van der Waals surface area contributed by atoms with E-state index < -0.39 is 8.07 Å². The van der Waals surface area contributed by atoms with Gasteiger partial charge >= 0.3 is 0 Å². The molecule has 0 aromatic heterocycles. The van der Waals surface area contributed by atoms with Crippen LogP contribution in [0.1, 0.15) is 64.4 Å². The molecule has 2 bridgehead atoms. The predicted octanol–water partition coefficient (Wildman–Crippen LogP) is 5.27. The fourth-order valence-electron chi connectivity index (χ4n) is 5.60. The minimum atomic E-state index is -1.70. The lowest BCUT2D eigenvalue weighted by atomic mass is 9.45. The summed E-state index contributed by atoms with van der Waals surface area (Å²) in [6, 6.07) is 5.02. The summed E-state index contributed by atoms with van der Waals surface area (Å²) in [6.07, 6.45) is 8.13. The topological polar surface area (TPSA) is 60.7 Å². The number of fused-ring (bicyclic) bond motifs is 1. The highest BCUT2D eigenvalue weighted by Crippen LogP contribution is 2.64. The maximum atomic E-state index is 10.9. The van der Waals surface area contributed by atoms with E-state index in [1.807, 2.05) is 12.1 Å². The van der Waals surface area contributed by atoms with Gasteiger partial charge in [-0.1, -0.05) is 76.9 Å². The lowest BCUT2D eigenvalue weighted by Crippen LogP contribution is -2.51. The van der Waals surface area contributed by atoms with Crippen molar-refractivity contribution < 1.29 is 15.3 Å². The Balaban J connectivity index is 1.89. The van der Waals surface area contributed by atoms with E-state index in [-0.39, 0.29) is 29.4 Å². The zero-order valence-electron chi connectivity index (χ0n) is 18.3. The van der Waals surface area contributed by atoms with E-state index in [0.29, 0.717) is 17.4 Å². The first-order valence-electron chi connectivity index (χ1n) is 11.0. The van der Waals surface area contributed by atoms with Crippen LogP contribution in [0.4, 0.5) is 0 Å². The molecule has 4 heteroatoms. The van der Waals surface area contributed by atoms with Gasteiger partial charge in [0.2, 0.25) is 0 Å². The monoisotopic (exact) mass is 402 g/mol. The molecule has 156 valence electrons. The summed E-state index contributed by atoms with van der Waals surface area (Å²) in [7, 11) is -1.70. The van der Waals surface area contributed by atoms with E-state index in [1.54, 1.807) is 0 Å². The molecule has 0 saturated heterocycles. The number of benzene rings is 1. The lowest BCUT2D eigenvalue weighted by molar-refractivity contribution is -0.0260. The second kappa shape index (κ2) is 7.87. The van der Waals surface area contributed by atoms with Crippen LogP contribution < -0.4 is 5.19 Å². The van der Waals surface area contributed by atoms with Gasteiger partial charge < -0.3 is 15.3 Å². The summed E-state index contributed by atoms with van der Waals surface area (Å²) in [5, 5.41) is 32.8. The van der Waals surface area contributed by atoms with Gasteiger partial charge in [-0.2, -0.15) is 0 Å². The number of hydrogen-bond acceptors (Lipinski definition) is 3. The Bertz CT molecular complexity index is 727. The molecule has 1 saturated carbocycles.